The molecule has 0 N–H and O–H groups in total. The van der Waals surface area contributed by atoms with Crippen LogP contribution in [0.25, 0.3) is 0 Å². The molecule has 0 atom stereocenters. The van der Waals surface area contributed by atoms with Crippen LogP contribution in [0.2, 0.25) is 15.2 Å². The Balaban J connectivity index is 2.95. The first-order chi connectivity index (χ1) is 7.60. The van der Waals surface area contributed by atoms with Gasteiger partial charge in [0.05, 0.1) is 10.0 Å². The first kappa shape index (κ1) is 13.9. The van der Waals surface area contributed by atoms with Crippen molar-refractivity contribution in [1.82, 2.24) is 4.98 Å². The van der Waals surface area contributed by atoms with Crippen molar-refractivity contribution in [3.63, 3.8) is 0 Å². The molecular formula is C11H15Cl3N2. The summed E-state index contributed by atoms with van der Waals surface area (Å²) in [5, 5.41) is 1.24. The van der Waals surface area contributed by atoms with Crippen LogP contribution >= 0.6 is 34.8 Å². The fraction of sp³-hybridized carbons (Fsp3) is 0.545. The maximum atomic E-state index is 6.11. The Morgan fingerprint density at radius 3 is 2.44 bits per heavy atom. The summed E-state index contributed by atoms with van der Waals surface area (Å²) in [5.41, 5.74) is 0. The number of pyridine rings is 1. The van der Waals surface area contributed by atoms with Crippen LogP contribution in [-0.2, 0) is 0 Å². The van der Waals surface area contributed by atoms with Gasteiger partial charge in [0.1, 0.15) is 11.0 Å². The quantitative estimate of drug-likeness (QED) is 0.729. The lowest BCUT2D eigenvalue weighted by atomic mass is 10.3. The lowest BCUT2D eigenvalue weighted by Crippen LogP contribution is -2.25. The summed E-state index contributed by atoms with van der Waals surface area (Å²) in [7, 11) is 0. The zero-order chi connectivity index (χ0) is 12.1. The van der Waals surface area contributed by atoms with Crippen LogP contribution in [-0.4, -0.2) is 18.1 Å². The van der Waals surface area contributed by atoms with Gasteiger partial charge in [-0.15, -0.1) is 0 Å². The summed E-state index contributed by atoms with van der Waals surface area (Å²) >= 11 is 17.8. The second-order valence-corrected chi connectivity index (χ2v) is 4.67. The monoisotopic (exact) mass is 280 g/mol. The van der Waals surface area contributed by atoms with E-state index in [1.807, 2.05) is 0 Å². The van der Waals surface area contributed by atoms with E-state index >= 15 is 0 Å². The van der Waals surface area contributed by atoms with Crippen LogP contribution < -0.4 is 4.90 Å². The molecule has 1 heterocycles. The van der Waals surface area contributed by atoms with Crippen LogP contribution in [0.5, 0.6) is 0 Å². The number of hydrogen-bond donors (Lipinski definition) is 0. The molecule has 1 aromatic rings. The molecule has 0 unspecified atom stereocenters. The number of rotatable bonds is 5. The smallest absolute Gasteiger partial charge is 0.150 e. The van der Waals surface area contributed by atoms with Crippen LogP contribution in [0, 0.1) is 0 Å². The number of hydrogen-bond acceptors (Lipinski definition) is 2. The molecule has 0 fully saturated rings. The van der Waals surface area contributed by atoms with Crippen LogP contribution in [0.1, 0.15) is 26.7 Å². The Hall–Kier alpha value is -0.180. The van der Waals surface area contributed by atoms with E-state index in [4.69, 9.17) is 34.8 Å². The van der Waals surface area contributed by atoms with Crippen molar-refractivity contribution in [3.8, 4) is 0 Å². The van der Waals surface area contributed by atoms with E-state index in [-0.39, 0.29) is 0 Å². The van der Waals surface area contributed by atoms with E-state index in [1.54, 1.807) is 6.07 Å². The minimum absolute atomic E-state index is 0.302. The minimum Gasteiger partial charge on any atom is -0.356 e. The van der Waals surface area contributed by atoms with Gasteiger partial charge in [-0.1, -0.05) is 48.1 Å². The van der Waals surface area contributed by atoms with Gasteiger partial charge >= 0.3 is 0 Å². The number of halogens is 3. The number of unbranched alkanes of at least 4 members (excludes halogenated alkanes) is 1. The normalized spacial score (nSPS) is 10.6. The minimum atomic E-state index is 0.302. The van der Waals surface area contributed by atoms with Gasteiger partial charge in [0.25, 0.3) is 0 Å². The summed E-state index contributed by atoms with van der Waals surface area (Å²) in [6.07, 6.45) is 2.24. The van der Waals surface area contributed by atoms with Gasteiger partial charge in [-0.2, -0.15) is 0 Å². The molecule has 0 aliphatic rings. The van der Waals surface area contributed by atoms with Gasteiger partial charge in [-0.3, -0.25) is 0 Å². The Bertz CT molecular complexity index is 355. The lowest BCUT2D eigenvalue weighted by molar-refractivity contribution is 0.724. The highest BCUT2D eigenvalue weighted by Gasteiger charge is 2.13. The Morgan fingerprint density at radius 2 is 1.88 bits per heavy atom. The topological polar surface area (TPSA) is 16.1 Å². The third kappa shape index (κ3) is 3.41. The van der Waals surface area contributed by atoms with E-state index in [0.717, 1.165) is 25.9 Å². The predicted octanol–water partition coefficient (Wildman–Crippen LogP) is 4.67. The van der Waals surface area contributed by atoms with Crippen molar-refractivity contribution in [2.75, 3.05) is 18.0 Å². The highest BCUT2D eigenvalue weighted by atomic mass is 35.5. The molecule has 5 heteroatoms. The molecule has 2 nitrogen and oxygen atoms in total. The van der Waals surface area contributed by atoms with E-state index < -0.39 is 0 Å². The third-order valence-corrected chi connectivity index (χ3v) is 3.28. The fourth-order valence-corrected chi connectivity index (χ4v) is 2.03. The fourth-order valence-electron chi connectivity index (χ4n) is 1.42. The molecule has 1 aromatic heterocycles. The van der Waals surface area contributed by atoms with Gasteiger partial charge in [-0.25, -0.2) is 4.98 Å². The molecule has 0 aromatic carbocycles. The molecular weight excluding hydrogens is 266 g/mol. The van der Waals surface area contributed by atoms with Crippen molar-refractivity contribution in [2.24, 2.45) is 0 Å². The molecule has 0 saturated heterocycles. The van der Waals surface area contributed by atoms with Crippen molar-refractivity contribution >= 4 is 40.6 Å². The molecule has 0 bridgehead atoms. The first-order valence-corrected chi connectivity index (χ1v) is 6.50. The highest BCUT2D eigenvalue weighted by Crippen LogP contribution is 2.31. The molecule has 0 radical (unpaired) electrons. The third-order valence-electron chi connectivity index (χ3n) is 2.33. The number of aromatic nitrogens is 1. The molecule has 0 saturated carbocycles. The Kier molecular flexibility index (Phi) is 5.67. The molecule has 90 valence electrons. The van der Waals surface area contributed by atoms with E-state index in [1.165, 1.54) is 0 Å². The van der Waals surface area contributed by atoms with Gasteiger partial charge in [0, 0.05) is 13.1 Å². The van der Waals surface area contributed by atoms with Gasteiger partial charge in [0.15, 0.2) is 0 Å². The summed E-state index contributed by atoms with van der Waals surface area (Å²) in [5.74, 6) is 0.715. The standard InChI is InChI=1S/C11H15Cl3N2/c1-3-5-6-16(4-2)11-9(13)7-8(12)10(14)15-11/h7H,3-6H2,1-2H3. The first-order valence-electron chi connectivity index (χ1n) is 5.36. The van der Waals surface area contributed by atoms with Gasteiger partial charge in [-0.05, 0) is 19.4 Å². The second-order valence-electron chi connectivity index (χ2n) is 3.50. The summed E-state index contributed by atoms with van der Waals surface area (Å²) in [4.78, 5) is 6.33. The van der Waals surface area contributed by atoms with Gasteiger partial charge in [0.2, 0.25) is 0 Å². The number of anilines is 1. The molecule has 0 aliphatic heterocycles. The predicted molar refractivity (Wildman–Crippen MR) is 72.1 cm³/mol. The summed E-state index contributed by atoms with van der Waals surface area (Å²) in [6.45, 7) is 6.00. The average Bonchev–Trinajstić information content (AvgIpc) is 2.26. The van der Waals surface area contributed by atoms with E-state index in [9.17, 15) is 0 Å². The second kappa shape index (κ2) is 6.53. The lowest BCUT2D eigenvalue weighted by Gasteiger charge is -2.23. The molecule has 1 rings (SSSR count). The van der Waals surface area contributed by atoms with Crippen molar-refractivity contribution in [3.05, 3.63) is 21.3 Å². The van der Waals surface area contributed by atoms with Crippen LogP contribution in [0.3, 0.4) is 0 Å². The molecule has 16 heavy (non-hydrogen) atoms. The highest BCUT2D eigenvalue weighted by molar-refractivity contribution is 6.42. The zero-order valence-corrected chi connectivity index (χ0v) is 11.7. The van der Waals surface area contributed by atoms with Crippen LogP contribution in [0.4, 0.5) is 5.82 Å². The molecule has 0 spiro atoms. The number of nitrogens with zero attached hydrogens (tertiary/aromatic N) is 2. The van der Waals surface area contributed by atoms with Crippen molar-refractivity contribution < 1.29 is 0 Å². The molecule has 0 aliphatic carbocycles. The van der Waals surface area contributed by atoms with Crippen LogP contribution in [0.15, 0.2) is 6.07 Å². The van der Waals surface area contributed by atoms with Crippen molar-refractivity contribution in [1.29, 1.82) is 0 Å². The van der Waals surface area contributed by atoms with Gasteiger partial charge < -0.3 is 4.90 Å². The SMILES string of the molecule is CCCCN(CC)c1nc(Cl)c(Cl)cc1Cl. The largest absolute Gasteiger partial charge is 0.356 e. The summed E-state index contributed by atoms with van der Waals surface area (Å²) in [6, 6.07) is 1.64. The maximum Gasteiger partial charge on any atom is 0.150 e. The van der Waals surface area contributed by atoms with E-state index in [2.05, 4.69) is 23.7 Å². The molecule has 0 amide bonds. The maximum absolute atomic E-state index is 6.11. The Labute approximate surface area is 112 Å². The van der Waals surface area contributed by atoms with E-state index in [0.29, 0.717) is 21.0 Å². The van der Waals surface area contributed by atoms with Crippen molar-refractivity contribution in [2.45, 2.75) is 26.7 Å². The zero-order valence-electron chi connectivity index (χ0n) is 9.43. The summed E-state index contributed by atoms with van der Waals surface area (Å²) < 4.78 is 0. The average molecular weight is 282 g/mol. The Morgan fingerprint density at radius 1 is 1.19 bits per heavy atom.